The molecule has 0 N–H and O–H groups in total. The largest absolute Gasteiger partial charge is 0.453 e. The summed E-state index contributed by atoms with van der Waals surface area (Å²) in [7, 11) is -0.406. The highest BCUT2D eigenvalue weighted by atomic mass is 79.9. The predicted octanol–water partition coefficient (Wildman–Crippen LogP) is 3.81. The molecule has 2 fully saturated rings. The molecule has 1 aromatic carbocycles. The average molecular weight is 573 g/mol. The summed E-state index contributed by atoms with van der Waals surface area (Å²) in [5.41, 5.74) is 3.18. The Kier molecular flexibility index (Phi) is 8.37. The Labute approximate surface area is 226 Å². The molecule has 3 aromatic rings. The summed E-state index contributed by atoms with van der Waals surface area (Å²) in [6.45, 7) is 15.7. The first-order valence-electron chi connectivity index (χ1n) is 12.4. The van der Waals surface area contributed by atoms with Crippen molar-refractivity contribution in [3.8, 4) is 0 Å². The van der Waals surface area contributed by atoms with Gasteiger partial charge >= 0.3 is 27.4 Å². The molecule has 11 nitrogen and oxygen atoms in total. The van der Waals surface area contributed by atoms with Gasteiger partial charge in [-0.15, -0.1) is 10.2 Å². The molecule has 1 amide bonds. The van der Waals surface area contributed by atoms with E-state index in [4.69, 9.17) is 23.4 Å². The van der Waals surface area contributed by atoms with E-state index in [1.807, 2.05) is 52.6 Å². The first-order chi connectivity index (χ1) is 17.4. The minimum Gasteiger partial charge on any atom is -0.453 e. The highest BCUT2D eigenvalue weighted by Gasteiger charge is 2.31. The molecule has 196 valence electrons. The van der Waals surface area contributed by atoms with Gasteiger partial charge in [0, 0.05) is 30.7 Å². The molecule has 0 unspecified atom stereocenters. The number of amides is 1. The standard InChI is InChI=1S/C19H23BrN6O2.C3H9B3O3/c1-12-9-13(20)15-14(10-12)26-11-21-23-17(26)16(22-15)24-5-7-25(8-6-24)18(27)28-19(2,3)4;1-4-7-5(2)9-6(3)8-4/h9-11H,5-8H2,1-4H3;1-3H3. The maximum atomic E-state index is 12.3. The van der Waals surface area contributed by atoms with Crippen LogP contribution in [0.15, 0.2) is 22.9 Å². The molecule has 4 heterocycles. The van der Waals surface area contributed by atoms with Crippen LogP contribution in [0.2, 0.25) is 20.5 Å². The van der Waals surface area contributed by atoms with E-state index in [1.165, 1.54) is 0 Å². The van der Waals surface area contributed by atoms with E-state index in [0.29, 0.717) is 26.2 Å². The first kappa shape index (κ1) is 27.7. The van der Waals surface area contributed by atoms with Crippen molar-refractivity contribution in [2.75, 3.05) is 31.1 Å². The molecular formula is C22H32B3BrN6O5. The smallest absolute Gasteiger partial charge is 0.426 e. The van der Waals surface area contributed by atoms with Gasteiger partial charge in [0.2, 0.25) is 5.65 Å². The van der Waals surface area contributed by atoms with Crippen LogP contribution in [-0.2, 0) is 18.5 Å². The van der Waals surface area contributed by atoms with Gasteiger partial charge in [0.05, 0.1) is 5.52 Å². The first-order valence-corrected chi connectivity index (χ1v) is 13.2. The number of aromatic nitrogens is 4. The number of carbonyl (C=O) groups is 1. The summed E-state index contributed by atoms with van der Waals surface area (Å²) in [6, 6.07) is 4.13. The van der Waals surface area contributed by atoms with E-state index in [2.05, 4.69) is 43.2 Å². The second-order valence-corrected chi connectivity index (χ2v) is 11.0. The third-order valence-electron chi connectivity index (χ3n) is 5.79. The van der Waals surface area contributed by atoms with Crippen molar-refractivity contribution >= 4 is 65.9 Å². The van der Waals surface area contributed by atoms with Crippen molar-refractivity contribution in [1.29, 1.82) is 0 Å². The molecule has 2 saturated heterocycles. The zero-order chi connectivity index (χ0) is 26.9. The zero-order valence-corrected chi connectivity index (χ0v) is 24.0. The van der Waals surface area contributed by atoms with Crippen molar-refractivity contribution < 1.29 is 23.2 Å². The Balaban J connectivity index is 0.000000301. The van der Waals surface area contributed by atoms with Gasteiger partial charge in [-0.1, -0.05) is 0 Å². The number of carbonyl (C=O) groups excluding carboxylic acids is 1. The fourth-order valence-electron chi connectivity index (χ4n) is 4.28. The van der Waals surface area contributed by atoms with Crippen molar-refractivity contribution in [3.63, 3.8) is 0 Å². The maximum Gasteiger partial charge on any atom is 0.426 e. The van der Waals surface area contributed by atoms with E-state index in [9.17, 15) is 4.79 Å². The minimum atomic E-state index is -0.494. The van der Waals surface area contributed by atoms with Crippen LogP contribution in [0, 0.1) is 6.92 Å². The summed E-state index contributed by atoms with van der Waals surface area (Å²) in [5, 5.41) is 8.39. The fourth-order valence-corrected chi connectivity index (χ4v) is 4.93. The van der Waals surface area contributed by atoms with Gasteiger partial charge < -0.3 is 28.3 Å². The summed E-state index contributed by atoms with van der Waals surface area (Å²) in [4.78, 5) is 21.1. The fraction of sp³-hybridized carbons (Fsp3) is 0.545. The molecule has 2 aliphatic heterocycles. The normalized spacial score (nSPS) is 16.8. The number of nitrogens with zero attached hydrogens (tertiary/aromatic N) is 6. The topological polar surface area (TPSA) is 104 Å². The Morgan fingerprint density at radius 1 is 1.03 bits per heavy atom. The molecule has 0 bridgehead atoms. The van der Waals surface area contributed by atoms with Crippen molar-refractivity contribution in [1.82, 2.24) is 24.5 Å². The van der Waals surface area contributed by atoms with Gasteiger partial charge in [-0.3, -0.25) is 4.40 Å². The number of hydrogen-bond acceptors (Lipinski definition) is 9. The molecule has 0 radical (unpaired) electrons. The summed E-state index contributed by atoms with van der Waals surface area (Å²) in [6.07, 6.45) is 1.44. The Morgan fingerprint density at radius 2 is 1.62 bits per heavy atom. The van der Waals surface area contributed by atoms with Crippen LogP contribution in [-0.4, -0.2) is 83.7 Å². The molecule has 0 aliphatic carbocycles. The molecule has 5 rings (SSSR count). The number of piperazine rings is 1. The van der Waals surface area contributed by atoms with Crippen molar-refractivity contribution in [3.05, 3.63) is 28.5 Å². The Hall–Kier alpha value is -2.35. The maximum absolute atomic E-state index is 12.3. The lowest BCUT2D eigenvalue weighted by Crippen LogP contribution is -2.50. The van der Waals surface area contributed by atoms with Gasteiger partial charge in [-0.05, 0) is 81.8 Å². The number of halogens is 1. The molecule has 2 aromatic heterocycles. The van der Waals surface area contributed by atoms with Crippen molar-refractivity contribution in [2.24, 2.45) is 0 Å². The zero-order valence-electron chi connectivity index (χ0n) is 22.4. The lowest BCUT2D eigenvalue weighted by molar-refractivity contribution is 0.0240. The Morgan fingerprint density at radius 3 is 2.19 bits per heavy atom. The lowest BCUT2D eigenvalue weighted by atomic mass is 9.74. The molecule has 0 atom stereocenters. The monoisotopic (exact) mass is 572 g/mol. The van der Waals surface area contributed by atoms with E-state index in [0.717, 1.165) is 32.5 Å². The Bertz CT molecular complexity index is 1240. The van der Waals surface area contributed by atoms with Crippen LogP contribution < -0.4 is 4.90 Å². The van der Waals surface area contributed by atoms with E-state index in [-0.39, 0.29) is 27.4 Å². The van der Waals surface area contributed by atoms with E-state index < -0.39 is 5.60 Å². The van der Waals surface area contributed by atoms with Crippen LogP contribution >= 0.6 is 15.9 Å². The van der Waals surface area contributed by atoms with Gasteiger partial charge in [0.25, 0.3) is 0 Å². The van der Waals surface area contributed by atoms with Crippen LogP contribution in [0.3, 0.4) is 0 Å². The summed E-state index contributed by atoms with van der Waals surface area (Å²) in [5.74, 6) is 0.776. The third-order valence-corrected chi connectivity index (χ3v) is 6.40. The number of benzene rings is 1. The van der Waals surface area contributed by atoms with E-state index >= 15 is 0 Å². The van der Waals surface area contributed by atoms with Gasteiger partial charge in [-0.2, -0.15) is 0 Å². The lowest BCUT2D eigenvalue weighted by Gasteiger charge is -2.36. The summed E-state index contributed by atoms with van der Waals surface area (Å²) < 4.78 is 23.7. The molecule has 37 heavy (non-hydrogen) atoms. The van der Waals surface area contributed by atoms with Crippen LogP contribution in [0.4, 0.5) is 10.6 Å². The quantitative estimate of drug-likeness (QED) is 0.403. The molecule has 2 aliphatic rings. The second kappa shape index (κ2) is 11.2. The highest BCUT2D eigenvalue weighted by Crippen LogP contribution is 2.29. The number of fused-ring (bicyclic) bond motifs is 3. The van der Waals surface area contributed by atoms with Crippen molar-refractivity contribution in [2.45, 2.75) is 53.8 Å². The molecule has 0 saturated carbocycles. The number of hydrogen-bond donors (Lipinski definition) is 0. The van der Waals surface area contributed by atoms with Gasteiger partial charge in [-0.25, -0.2) is 9.78 Å². The van der Waals surface area contributed by atoms with E-state index in [1.54, 1.807) is 11.2 Å². The van der Waals surface area contributed by atoms with Gasteiger partial charge in [0.1, 0.15) is 17.4 Å². The van der Waals surface area contributed by atoms with Crippen LogP contribution in [0.25, 0.3) is 16.7 Å². The average Bonchev–Trinajstić information content (AvgIpc) is 3.28. The highest BCUT2D eigenvalue weighted by molar-refractivity contribution is 9.10. The number of ether oxygens (including phenoxy) is 1. The SMILES string of the molecule is CB1OB(C)OB(C)O1.Cc1cc(Br)c2nc(N3CCN(C(=O)OC(C)(C)C)CC3)c3nncn3c2c1. The number of anilines is 1. The third kappa shape index (κ3) is 6.76. The number of rotatable bonds is 1. The number of aryl methyl sites for hydroxylation is 1. The predicted molar refractivity (Wildman–Crippen MR) is 149 cm³/mol. The minimum absolute atomic E-state index is 0.135. The molecule has 0 spiro atoms. The molecule has 15 heteroatoms. The summed E-state index contributed by atoms with van der Waals surface area (Å²) >= 11 is 3.63. The van der Waals surface area contributed by atoms with Crippen LogP contribution in [0.1, 0.15) is 26.3 Å². The second-order valence-electron chi connectivity index (χ2n) is 10.1. The van der Waals surface area contributed by atoms with Crippen LogP contribution in [0.5, 0.6) is 0 Å². The van der Waals surface area contributed by atoms with Gasteiger partial charge in [0.15, 0.2) is 5.82 Å². The molecular weight excluding hydrogens is 541 g/mol.